The molecule has 0 aromatic heterocycles. The summed E-state index contributed by atoms with van der Waals surface area (Å²) in [5.74, 6) is 0.367. The van der Waals surface area contributed by atoms with Gasteiger partial charge in [0.1, 0.15) is 6.61 Å². The maximum atomic E-state index is 10.6. The van der Waals surface area contributed by atoms with Crippen molar-refractivity contribution >= 4 is 5.97 Å². The van der Waals surface area contributed by atoms with Gasteiger partial charge in [-0.3, -0.25) is 0 Å². The van der Waals surface area contributed by atoms with Gasteiger partial charge in [-0.15, -0.1) is 0 Å². The van der Waals surface area contributed by atoms with E-state index in [1.165, 1.54) is 19.3 Å². The molecule has 2 aliphatic rings. The van der Waals surface area contributed by atoms with Crippen molar-refractivity contribution in [3.8, 4) is 0 Å². The number of rotatable bonds is 5. The van der Waals surface area contributed by atoms with Crippen LogP contribution < -0.4 is 0 Å². The first-order chi connectivity index (χ1) is 11.0. The minimum absolute atomic E-state index is 0.0610. The van der Waals surface area contributed by atoms with Gasteiger partial charge in [0.15, 0.2) is 6.29 Å². The normalized spacial score (nSPS) is 33.4. The summed E-state index contributed by atoms with van der Waals surface area (Å²) in [6.45, 7) is 8.40. The molecule has 1 heterocycles. The van der Waals surface area contributed by atoms with Crippen molar-refractivity contribution in [3.05, 3.63) is 0 Å². The van der Waals surface area contributed by atoms with E-state index in [0.717, 1.165) is 19.4 Å². The fourth-order valence-corrected chi connectivity index (χ4v) is 3.99. The molecule has 0 radical (unpaired) electrons. The summed E-state index contributed by atoms with van der Waals surface area (Å²) < 4.78 is 11.0. The van der Waals surface area contributed by atoms with Crippen molar-refractivity contribution in [2.45, 2.75) is 72.2 Å². The molecule has 2 fully saturated rings. The van der Waals surface area contributed by atoms with E-state index in [2.05, 4.69) is 6.92 Å². The standard InChI is InChI=1S/C16H28O5.C2H6/c1-10-6-7-12-4-3-5-13(14(12)8-20-10)11(2)16(19)21-9-15(17)18;1-2/h10-14,16,19H,3-9H2,1-2H3,(H,17,18);1-2H3/t10?,11-,12?,13?,14?,16?;/m1./s1. The highest BCUT2D eigenvalue weighted by Gasteiger charge is 2.40. The monoisotopic (exact) mass is 330 g/mol. The fourth-order valence-electron chi connectivity index (χ4n) is 3.99. The van der Waals surface area contributed by atoms with E-state index < -0.39 is 18.9 Å². The molecular weight excluding hydrogens is 296 g/mol. The highest BCUT2D eigenvalue weighted by atomic mass is 16.6. The molecule has 5 heteroatoms. The van der Waals surface area contributed by atoms with E-state index in [1.807, 2.05) is 20.8 Å². The smallest absolute Gasteiger partial charge is 0.329 e. The maximum Gasteiger partial charge on any atom is 0.329 e. The Labute approximate surface area is 140 Å². The second-order valence-electron chi connectivity index (χ2n) is 6.69. The summed E-state index contributed by atoms with van der Waals surface area (Å²) in [6.07, 6.45) is 5.10. The van der Waals surface area contributed by atoms with Gasteiger partial charge >= 0.3 is 5.97 Å². The predicted molar refractivity (Wildman–Crippen MR) is 89.1 cm³/mol. The molecule has 23 heavy (non-hydrogen) atoms. The zero-order valence-electron chi connectivity index (χ0n) is 15.0. The third-order valence-corrected chi connectivity index (χ3v) is 5.29. The molecule has 0 amide bonds. The Bertz CT molecular complexity index is 346. The Morgan fingerprint density at radius 3 is 2.61 bits per heavy atom. The fraction of sp³-hybridized carbons (Fsp3) is 0.944. The lowest BCUT2D eigenvalue weighted by Gasteiger charge is -2.41. The van der Waals surface area contributed by atoms with Crippen molar-refractivity contribution in [1.29, 1.82) is 0 Å². The number of carbonyl (C=O) groups is 1. The molecule has 1 saturated carbocycles. The summed E-state index contributed by atoms with van der Waals surface area (Å²) in [6, 6.07) is 0. The maximum absolute atomic E-state index is 10.6. The molecule has 6 atom stereocenters. The first kappa shape index (κ1) is 20.4. The lowest BCUT2D eigenvalue weighted by Crippen LogP contribution is -2.39. The summed E-state index contributed by atoms with van der Waals surface area (Å²) >= 11 is 0. The van der Waals surface area contributed by atoms with Gasteiger partial charge in [-0.2, -0.15) is 0 Å². The Morgan fingerprint density at radius 1 is 1.26 bits per heavy atom. The lowest BCUT2D eigenvalue weighted by molar-refractivity contribution is -0.174. The minimum atomic E-state index is -1.05. The molecule has 1 aliphatic heterocycles. The van der Waals surface area contributed by atoms with E-state index in [9.17, 15) is 9.90 Å². The predicted octanol–water partition coefficient (Wildman–Crippen LogP) is 3.30. The third-order valence-electron chi connectivity index (χ3n) is 5.29. The number of carboxylic acids is 1. The van der Waals surface area contributed by atoms with Gasteiger partial charge in [-0.05, 0) is 43.9 Å². The van der Waals surface area contributed by atoms with Crippen molar-refractivity contribution in [2.75, 3.05) is 13.2 Å². The number of carboxylic acid groups (broad SMARTS) is 1. The molecule has 136 valence electrons. The van der Waals surface area contributed by atoms with Crippen LogP contribution in [0.2, 0.25) is 0 Å². The van der Waals surface area contributed by atoms with Crippen molar-refractivity contribution in [1.82, 2.24) is 0 Å². The van der Waals surface area contributed by atoms with E-state index in [1.54, 1.807) is 0 Å². The molecular formula is C18H34O5. The van der Waals surface area contributed by atoms with E-state index in [4.69, 9.17) is 14.6 Å². The molecule has 0 spiro atoms. The third kappa shape index (κ3) is 6.05. The van der Waals surface area contributed by atoms with Crippen LogP contribution in [0.25, 0.3) is 0 Å². The van der Waals surface area contributed by atoms with Crippen LogP contribution in [0.1, 0.15) is 59.8 Å². The lowest BCUT2D eigenvalue weighted by atomic mass is 9.66. The van der Waals surface area contributed by atoms with E-state index in [-0.39, 0.29) is 5.92 Å². The Hall–Kier alpha value is -0.650. The number of aliphatic carboxylic acids is 1. The van der Waals surface area contributed by atoms with Gasteiger partial charge in [-0.1, -0.05) is 33.6 Å². The zero-order chi connectivity index (χ0) is 17.4. The first-order valence-electron chi connectivity index (χ1n) is 9.12. The van der Waals surface area contributed by atoms with Gasteiger partial charge < -0.3 is 19.7 Å². The molecule has 1 aliphatic carbocycles. The molecule has 0 bridgehead atoms. The first-order valence-corrected chi connectivity index (χ1v) is 9.12. The van der Waals surface area contributed by atoms with Crippen molar-refractivity contribution in [3.63, 3.8) is 0 Å². The van der Waals surface area contributed by atoms with Crippen molar-refractivity contribution < 1.29 is 24.5 Å². The minimum Gasteiger partial charge on any atom is -0.480 e. The molecule has 0 aromatic carbocycles. The van der Waals surface area contributed by atoms with Crippen LogP contribution in [0.5, 0.6) is 0 Å². The Balaban J connectivity index is 0.00000127. The molecule has 2 rings (SSSR count). The van der Waals surface area contributed by atoms with Crippen LogP contribution in [-0.4, -0.2) is 41.8 Å². The SMILES string of the molecule is CC.CC1CCC2CCCC([C@@H](C)C(O)OCC(=O)O)C2CO1. The summed E-state index contributed by atoms with van der Waals surface area (Å²) in [5.41, 5.74) is 0. The van der Waals surface area contributed by atoms with Gasteiger partial charge in [-0.25, -0.2) is 4.79 Å². The summed E-state index contributed by atoms with van der Waals surface area (Å²) in [7, 11) is 0. The quantitative estimate of drug-likeness (QED) is 0.756. The number of aliphatic hydroxyl groups is 1. The number of aliphatic hydroxyl groups excluding tert-OH is 1. The summed E-state index contributed by atoms with van der Waals surface area (Å²) in [4.78, 5) is 10.6. The largest absolute Gasteiger partial charge is 0.480 e. The van der Waals surface area contributed by atoms with Gasteiger partial charge in [0, 0.05) is 5.92 Å². The topological polar surface area (TPSA) is 76.0 Å². The Morgan fingerprint density at radius 2 is 1.96 bits per heavy atom. The van der Waals surface area contributed by atoms with Gasteiger partial charge in [0.25, 0.3) is 0 Å². The van der Waals surface area contributed by atoms with Crippen LogP contribution in [0.3, 0.4) is 0 Å². The summed E-state index contributed by atoms with van der Waals surface area (Å²) in [5, 5.41) is 18.8. The zero-order valence-corrected chi connectivity index (χ0v) is 15.0. The number of hydrogen-bond donors (Lipinski definition) is 2. The highest BCUT2D eigenvalue weighted by Crippen LogP contribution is 2.44. The van der Waals surface area contributed by atoms with Crippen LogP contribution in [0.15, 0.2) is 0 Å². The second kappa shape index (κ2) is 10.3. The Kier molecular flexibility index (Phi) is 9.10. The van der Waals surface area contributed by atoms with E-state index >= 15 is 0 Å². The second-order valence-corrected chi connectivity index (χ2v) is 6.69. The number of hydrogen-bond acceptors (Lipinski definition) is 4. The average Bonchev–Trinajstić information content (AvgIpc) is 2.75. The van der Waals surface area contributed by atoms with Gasteiger partial charge in [0.2, 0.25) is 0 Å². The molecule has 5 nitrogen and oxygen atoms in total. The van der Waals surface area contributed by atoms with Crippen LogP contribution >= 0.6 is 0 Å². The van der Waals surface area contributed by atoms with E-state index in [0.29, 0.717) is 23.9 Å². The average molecular weight is 330 g/mol. The highest BCUT2D eigenvalue weighted by molar-refractivity contribution is 5.68. The number of ether oxygens (including phenoxy) is 2. The van der Waals surface area contributed by atoms with Gasteiger partial charge in [0.05, 0.1) is 12.7 Å². The molecule has 5 unspecified atom stereocenters. The van der Waals surface area contributed by atoms with Crippen LogP contribution in [-0.2, 0) is 14.3 Å². The molecule has 2 N–H and O–H groups in total. The van der Waals surface area contributed by atoms with Crippen LogP contribution in [0.4, 0.5) is 0 Å². The van der Waals surface area contributed by atoms with Crippen molar-refractivity contribution in [2.24, 2.45) is 23.7 Å². The van der Waals surface area contributed by atoms with Crippen LogP contribution in [0, 0.1) is 23.7 Å². The number of fused-ring (bicyclic) bond motifs is 1. The molecule has 0 aromatic rings. The molecule has 1 saturated heterocycles.